The monoisotopic (exact) mass is 362 g/mol. The number of pyridine rings is 1. The molecule has 138 valence electrons. The molecule has 3 aromatic rings. The average molecular weight is 362 g/mol. The number of methoxy groups -OCH3 is 1. The molecule has 0 spiro atoms. The largest absolute Gasteiger partial charge is 0.504 e. The van der Waals surface area contributed by atoms with Crippen molar-refractivity contribution in [2.45, 2.75) is 13.1 Å². The summed E-state index contributed by atoms with van der Waals surface area (Å²) in [6.07, 6.45) is 3.54. The Balaban J connectivity index is 1.64. The van der Waals surface area contributed by atoms with E-state index in [1.165, 1.54) is 0 Å². The molecule has 0 atom stereocenters. The molecule has 0 bridgehead atoms. The van der Waals surface area contributed by atoms with Gasteiger partial charge >= 0.3 is 0 Å². The van der Waals surface area contributed by atoms with Gasteiger partial charge in [0, 0.05) is 48.7 Å². The van der Waals surface area contributed by atoms with Crippen molar-refractivity contribution in [1.29, 1.82) is 0 Å². The molecule has 1 aromatic heterocycles. The maximum absolute atomic E-state index is 10.5. The highest BCUT2D eigenvalue weighted by Gasteiger charge is 2.20. The van der Waals surface area contributed by atoms with Crippen molar-refractivity contribution in [1.82, 2.24) is 9.88 Å². The minimum atomic E-state index is 0.172. The molecule has 1 aliphatic heterocycles. The predicted molar refractivity (Wildman–Crippen MR) is 104 cm³/mol. The first kappa shape index (κ1) is 17.4. The van der Waals surface area contributed by atoms with Gasteiger partial charge in [0.25, 0.3) is 0 Å². The van der Waals surface area contributed by atoms with E-state index in [1.807, 2.05) is 30.3 Å². The molecule has 5 nitrogen and oxygen atoms in total. The van der Waals surface area contributed by atoms with Crippen LogP contribution in [0.25, 0.3) is 11.1 Å². The molecule has 0 aliphatic carbocycles. The summed E-state index contributed by atoms with van der Waals surface area (Å²) in [5.41, 5.74) is 4.01. The standard InChI is InChI=1S/C22H22N2O3/c1-26-21-7-3-2-5-17(21)14-24-9-10-27-22-19(15-24)11-18(12-20(22)25)16-6-4-8-23-13-16/h2-8,11-13,25H,9-10,14-15H2,1H3. The van der Waals surface area contributed by atoms with Crippen LogP contribution >= 0.6 is 0 Å². The van der Waals surface area contributed by atoms with Gasteiger partial charge in [-0.1, -0.05) is 24.3 Å². The smallest absolute Gasteiger partial charge is 0.165 e. The van der Waals surface area contributed by atoms with Crippen LogP contribution in [-0.2, 0) is 13.1 Å². The Bertz CT molecular complexity index is 928. The van der Waals surface area contributed by atoms with E-state index in [0.717, 1.165) is 41.1 Å². The van der Waals surface area contributed by atoms with E-state index in [0.29, 0.717) is 18.9 Å². The van der Waals surface area contributed by atoms with Crippen molar-refractivity contribution in [3.05, 3.63) is 72.1 Å². The molecule has 4 rings (SSSR count). The molecule has 0 radical (unpaired) electrons. The maximum atomic E-state index is 10.5. The number of fused-ring (bicyclic) bond motifs is 1. The molecular formula is C22H22N2O3. The number of benzene rings is 2. The summed E-state index contributed by atoms with van der Waals surface area (Å²) in [5.74, 6) is 1.63. The summed E-state index contributed by atoms with van der Waals surface area (Å²) < 4.78 is 11.3. The van der Waals surface area contributed by atoms with E-state index in [1.54, 1.807) is 25.6 Å². The molecule has 1 N–H and O–H groups in total. The van der Waals surface area contributed by atoms with Crippen molar-refractivity contribution in [3.8, 4) is 28.4 Å². The van der Waals surface area contributed by atoms with Crippen molar-refractivity contribution < 1.29 is 14.6 Å². The van der Waals surface area contributed by atoms with Crippen molar-refractivity contribution >= 4 is 0 Å². The second-order valence-corrected chi connectivity index (χ2v) is 6.60. The first-order valence-corrected chi connectivity index (χ1v) is 8.98. The highest BCUT2D eigenvalue weighted by atomic mass is 16.5. The lowest BCUT2D eigenvalue weighted by atomic mass is 10.0. The fourth-order valence-electron chi connectivity index (χ4n) is 3.46. The van der Waals surface area contributed by atoms with E-state index in [9.17, 15) is 5.11 Å². The Kier molecular flexibility index (Phi) is 4.94. The van der Waals surface area contributed by atoms with Crippen LogP contribution < -0.4 is 9.47 Å². The second kappa shape index (κ2) is 7.68. The molecule has 2 heterocycles. The first-order chi connectivity index (χ1) is 13.2. The minimum Gasteiger partial charge on any atom is -0.504 e. The van der Waals surface area contributed by atoms with Gasteiger partial charge in [0.15, 0.2) is 11.5 Å². The van der Waals surface area contributed by atoms with Crippen LogP contribution in [0.2, 0.25) is 0 Å². The number of phenols is 1. The summed E-state index contributed by atoms with van der Waals surface area (Å²) in [5, 5.41) is 10.5. The lowest BCUT2D eigenvalue weighted by Crippen LogP contribution is -2.25. The molecular weight excluding hydrogens is 340 g/mol. The third kappa shape index (κ3) is 3.73. The lowest BCUT2D eigenvalue weighted by Gasteiger charge is -2.21. The van der Waals surface area contributed by atoms with Gasteiger partial charge in [0.2, 0.25) is 0 Å². The van der Waals surface area contributed by atoms with Crippen LogP contribution in [0.4, 0.5) is 0 Å². The number of para-hydroxylation sites is 1. The van der Waals surface area contributed by atoms with Gasteiger partial charge in [-0.25, -0.2) is 0 Å². The zero-order valence-electron chi connectivity index (χ0n) is 15.3. The summed E-state index contributed by atoms with van der Waals surface area (Å²) in [4.78, 5) is 6.48. The van der Waals surface area contributed by atoms with E-state index in [4.69, 9.17) is 9.47 Å². The number of nitrogens with zero attached hydrogens (tertiary/aromatic N) is 2. The number of phenolic OH excluding ortho intramolecular Hbond substituents is 1. The van der Waals surface area contributed by atoms with Crippen LogP contribution in [0.1, 0.15) is 11.1 Å². The van der Waals surface area contributed by atoms with Gasteiger partial charge in [-0.3, -0.25) is 9.88 Å². The number of hydrogen-bond donors (Lipinski definition) is 1. The molecule has 27 heavy (non-hydrogen) atoms. The number of hydrogen-bond acceptors (Lipinski definition) is 5. The Labute approximate surface area is 158 Å². The maximum Gasteiger partial charge on any atom is 0.165 e. The first-order valence-electron chi connectivity index (χ1n) is 8.98. The molecule has 5 heteroatoms. The second-order valence-electron chi connectivity index (χ2n) is 6.60. The molecule has 0 amide bonds. The van der Waals surface area contributed by atoms with Gasteiger partial charge in [-0.05, 0) is 29.8 Å². The zero-order valence-corrected chi connectivity index (χ0v) is 15.3. The highest BCUT2D eigenvalue weighted by Crippen LogP contribution is 2.37. The van der Waals surface area contributed by atoms with E-state index in [2.05, 4.69) is 22.0 Å². The van der Waals surface area contributed by atoms with Gasteiger partial charge < -0.3 is 14.6 Å². The van der Waals surface area contributed by atoms with E-state index in [-0.39, 0.29) is 5.75 Å². The quantitative estimate of drug-likeness (QED) is 0.764. The van der Waals surface area contributed by atoms with E-state index >= 15 is 0 Å². The minimum absolute atomic E-state index is 0.172. The lowest BCUT2D eigenvalue weighted by molar-refractivity contribution is 0.215. The van der Waals surface area contributed by atoms with Crippen molar-refractivity contribution in [2.24, 2.45) is 0 Å². The van der Waals surface area contributed by atoms with Crippen LogP contribution in [0.5, 0.6) is 17.2 Å². The van der Waals surface area contributed by atoms with Gasteiger partial charge in [-0.2, -0.15) is 0 Å². The SMILES string of the molecule is COc1ccccc1CN1CCOc2c(O)cc(-c3cccnc3)cc2C1. The van der Waals surface area contributed by atoms with Crippen LogP contribution in [0, 0.1) is 0 Å². The fourth-order valence-corrected chi connectivity index (χ4v) is 3.46. The summed E-state index contributed by atoms with van der Waals surface area (Å²) in [6, 6.07) is 15.7. The van der Waals surface area contributed by atoms with Crippen molar-refractivity contribution in [3.63, 3.8) is 0 Å². The molecule has 0 fully saturated rings. The number of aromatic hydroxyl groups is 1. The summed E-state index contributed by atoms with van der Waals surface area (Å²) in [6.45, 7) is 2.75. The van der Waals surface area contributed by atoms with Crippen LogP contribution in [-0.4, -0.2) is 35.3 Å². The van der Waals surface area contributed by atoms with Gasteiger partial charge in [-0.15, -0.1) is 0 Å². The number of ether oxygens (including phenoxy) is 2. The molecule has 2 aromatic carbocycles. The van der Waals surface area contributed by atoms with E-state index < -0.39 is 0 Å². The Morgan fingerprint density at radius 1 is 1.15 bits per heavy atom. The average Bonchev–Trinajstić information content (AvgIpc) is 2.91. The molecule has 0 saturated heterocycles. The fraction of sp³-hybridized carbons (Fsp3) is 0.227. The molecule has 0 saturated carbocycles. The molecule has 1 aliphatic rings. The van der Waals surface area contributed by atoms with Crippen molar-refractivity contribution in [2.75, 3.05) is 20.3 Å². The zero-order chi connectivity index (χ0) is 18.6. The Morgan fingerprint density at radius 3 is 2.85 bits per heavy atom. The topological polar surface area (TPSA) is 54.8 Å². The summed E-state index contributed by atoms with van der Waals surface area (Å²) in [7, 11) is 1.69. The van der Waals surface area contributed by atoms with Crippen LogP contribution in [0.15, 0.2) is 60.9 Å². The van der Waals surface area contributed by atoms with Crippen LogP contribution in [0.3, 0.4) is 0 Å². The van der Waals surface area contributed by atoms with Gasteiger partial charge in [0.1, 0.15) is 12.4 Å². The third-order valence-electron chi connectivity index (χ3n) is 4.78. The predicted octanol–water partition coefficient (Wildman–Crippen LogP) is 3.86. The Morgan fingerprint density at radius 2 is 2.04 bits per heavy atom. The molecule has 0 unspecified atom stereocenters. The number of aromatic nitrogens is 1. The normalized spacial score (nSPS) is 14.1. The highest BCUT2D eigenvalue weighted by molar-refractivity contribution is 5.68. The van der Waals surface area contributed by atoms with Gasteiger partial charge in [0.05, 0.1) is 7.11 Å². The summed E-state index contributed by atoms with van der Waals surface area (Å²) >= 11 is 0. The number of rotatable bonds is 4. The Hall–Kier alpha value is -3.05. The third-order valence-corrected chi connectivity index (χ3v) is 4.78.